The number of piperazine rings is 1. The van der Waals surface area contributed by atoms with Crippen molar-refractivity contribution < 1.29 is 4.79 Å². The van der Waals surface area contributed by atoms with Gasteiger partial charge >= 0.3 is 0 Å². The highest BCUT2D eigenvalue weighted by atomic mass is 16.1. The van der Waals surface area contributed by atoms with Crippen molar-refractivity contribution in [3.63, 3.8) is 0 Å². The van der Waals surface area contributed by atoms with Gasteiger partial charge in [0.2, 0.25) is 0 Å². The number of rotatable bonds is 6. The topological polar surface area (TPSA) is 35.6 Å². The molecule has 4 heteroatoms. The molecule has 144 valence electrons. The van der Waals surface area contributed by atoms with Crippen LogP contribution >= 0.6 is 0 Å². The van der Waals surface area contributed by atoms with E-state index in [1.54, 1.807) is 0 Å². The van der Waals surface area contributed by atoms with E-state index in [1.165, 1.54) is 16.7 Å². The summed E-state index contributed by atoms with van der Waals surface area (Å²) >= 11 is 0. The Labute approximate surface area is 163 Å². The Bertz CT molecular complexity index is 779. The number of carbonyl (C=O) groups is 1. The van der Waals surface area contributed by atoms with Crippen molar-refractivity contribution in [2.75, 3.05) is 32.7 Å². The molecule has 3 rings (SSSR count). The lowest BCUT2D eigenvalue weighted by Gasteiger charge is -2.34. The number of carbonyl (C=O) groups excluding carboxylic acids is 1. The van der Waals surface area contributed by atoms with E-state index >= 15 is 0 Å². The van der Waals surface area contributed by atoms with Crippen LogP contribution in [0.15, 0.2) is 42.5 Å². The van der Waals surface area contributed by atoms with Gasteiger partial charge in [-0.1, -0.05) is 48.9 Å². The average molecular weight is 366 g/mol. The van der Waals surface area contributed by atoms with Crippen LogP contribution < -0.4 is 5.32 Å². The Morgan fingerprint density at radius 1 is 0.963 bits per heavy atom. The largest absolute Gasteiger partial charge is 0.348 e. The summed E-state index contributed by atoms with van der Waals surface area (Å²) in [5.41, 5.74) is 5.47. The van der Waals surface area contributed by atoms with E-state index in [1.807, 2.05) is 26.0 Å². The lowest BCUT2D eigenvalue weighted by molar-refractivity contribution is 0.0950. The standard InChI is InChI=1S/C23H31N3O/c1-4-25-11-13-26(14-12-25)17-21-8-6-5-7-20(21)16-24-23(27)22-10-9-18(2)15-19(22)3/h5-10,15H,4,11-14,16-17H2,1-3H3,(H,24,27). The molecule has 0 bridgehead atoms. The molecule has 0 saturated carbocycles. The number of likely N-dealkylation sites (N-methyl/N-ethyl adjacent to an activating group) is 1. The van der Waals surface area contributed by atoms with Crippen molar-refractivity contribution in [1.29, 1.82) is 0 Å². The second-order valence-corrected chi connectivity index (χ2v) is 7.48. The van der Waals surface area contributed by atoms with Crippen LogP contribution in [0.3, 0.4) is 0 Å². The van der Waals surface area contributed by atoms with E-state index in [9.17, 15) is 4.79 Å². The number of nitrogens with zero attached hydrogens (tertiary/aromatic N) is 2. The summed E-state index contributed by atoms with van der Waals surface area (Å²) in [7, 11) is 0. The molecule has 0 aliphatic carbocycles. The van der Waals surface area contributed by atoms with Gasteiger partial charge in [-0.15, -0.1) is 0 Å². The Balaban J connectivity index is 1.61. The molecule has 1 heterocycles. The third-order valence-electron chi connectivity index (χ3n) is 5.49. The number of amides is 1. The van der Waals surface area contributed by atoms with Crippen molar-refractivity contribution in [1.82, 2.24) is 15.1 Å². The van der Waals surface area contributed by atoms with Crippen molar-refractivity contribution in [3.8, 4) is 0 Å². The molecule has 1 amide bonds. The number of nitrogens with one attached hydrogen (secondary N) is 1. The zero-order valence-electron chi connectivity index (χ0n) is 16.8. The van der Waals surface area contributed by atoms with Crippen molar-refractivity contribution >= 4 is 5.91 Å². The molecule has 0 atom stereocenters. The average Bonchev–Trinajstić information content (AvgIpc) is 2.67. The highest BCUT2D eigenvalue weighted by Gasteiger charge is 2.17. The van der Waals surface area contributed by atoms with Crippen molar-refractivity contribution in [2.45, 2.75) is 33.9 Å². The normalized spacial score (nSPS) is 15.7. The number of hydrogen-bond acceptors (Lipinski definition) is 3. The molecular formula is C23H31N3O. The first kappa shape index (κ1) is 19.6. The van der Waals surface area contributed by atoms with Gasteiger partial charge in [-0.2, -0.15) is 0 Å². The smallest absolute Gasteiger partial charge is 0.251 e. The molecule has 1 aliphatic rings. The van der Waals surface area contributed by atoms with Crippen molar-refractivity contribution in [3.05, 3.63) is 70.3 Å². The van der Waals surface area contributed by atoms with Crippen LogP contribution in [-0.2, 0) is 13.1 Å². The van der Waals surface area contributed by atoms with E-state index in [0.717, 1.165) is 50.4 Å². The summed E-state index contributed by atoms with van der Waals surface area (Å²) in [6.07, 6.45) is 0. The maximum absolute atomic E-state index is 12.6. The van der Waals surface area contributed by atoms with Crippen molar-refractivity contribution in [2.24, 2.45) is 0 Å². The lowest BCUT2D eigenvalue weighted by atomic mass is 10.0. The SMILES string of the molecule is CCN1CCN(Cc2ccccc2CNC(=O)c2ccc(C)cc2C)CC1. The minimum atomic E-state index is -0.00105. The molecular weight excluding hydrogens is 334 g/mol. The van der Waals surface area contributed by atoms with Crippen LogP contribution in [0.2, 0.25) is 0 Å². The summed E-state index contributed by atoms with van der Waals surface area (Å²) in [5, 5.41) is 3.10. The summed E-state index contributed by atoms with van der Waals surface area (Å²) < 4.78 is 0. The van der Waals surface area contributed by atoms with Crippen LogP contribution in [0.25, 0.3) is 0 Å². The molecule has 2 aromatic carbocycles. The quantitative estimate of drug-likeness (QED) is 0.852. The van der Waals surface area contributed by atoms with E-state index in [0.29, 0.717) is 6.54 Å². The molecule has 1 fully saturated rings. The maximum atomic E-state index is 12.6. The molecule has 1 N–H and O–H groups in total. The highest BCUT2D eigenvalue weighted by Crippen LogP contribution is 2.15. The summed E-state index contributed by atoms with van der Waals surface area (Å²) in [6.45, 7) is 13.4. The molecule has 4 nitrogen and oxygen atoms in total. The van der Waals surface area contributed by atoms with Crippen LogP contribution in [0.5, 0.6) is 0 Å². The first-order valence-corrected chi connectivity index (χ1v) is 9.93. The predicted molar refractivity (Wildman–Crippen MR) is 111 cm³/mol. The molecule has 2 aromatic rings. The molecule has 0 unspecified atom stereocenters. The summed E-state index contributed by atoms with van der Waals surface area (Å²) in [5.74, 6) is -0.00105. The Morgan fingerprint density at radius 3 is 2.30 bits per heavy atom. The fraction of sp³-hybridized carbons (Fsp3) is 0.435. The Hall–Kier alpha value is -2.17. The van der Waals surface area contributed by atoms with Gasteiger partial charge in [0.05, 0.1) is 0 Å². The zero-order valence-corrected chi connectivity index (χ0v) is 16.8. The summed E-state index contributed by atoms with van der Waals surface area (Å²) in [6, 6.07) is 14.4. The van der Waals surface area contributed by atoms with Crippen LogP contribution in [0.4, 0.5) is 0 Å². The lowest BCUT2D eigenvalue weighted by Crippen LogP contribution is -2.45. The molecule has 0 spiro atoms. The molecule has 1 saturated heterocycles. The Kier molecular flexibility index (Phi) is 6.64. The third kappa shape index (κ3) is 5.18. The Morgan fingerprint density at radius 2 is 1.63 bits per heavy atom. The van der Waals surface area contributed by atoms with E-state index in [4.69, 9.17) is 0 Å². The van der Waals surface area contributed by atoms with Gasteiger partial charge in [-0.3, -0.25) is 9.69 Å². The molecule has 27 heavy (non-hydrogen) atoms. The van der Waals surface area contributed by atoms with Gasteiger partial charge in [-0.25, -0.2) is 0 Å². The van der Waals surface area contributed by atoms with E-state index < -0.39 is 0 Å². The monoisotopic (exact) mass is 365 g/mol. The third-order valence-corrected chi connectivity index (χ3v) is 5.49. The second kappa shape index (κ2) is 9.16. The molecule has 0 aromatic heterocycles. The zero-order chi connectivity index (χ0) is 19.2. The first-order valence-electron chi connectivity index (χ1n) is 9.93. The number of hydrogen-bond donors (Lipinski definition) is 1. The number of aryl methyl sites for hydroxylation is 2. The number of benzene rings is 2. The van der Waals surface area contributed by atoms with Crippen LogP contribution in [0, 0.1) is 13.8 Å². The van der Waals surface area contributed by atoms with Gasteiger partial charge in [0, 0.05) is 44.8 Å². The first-order chi connectivity index (χ1) is 13.1. The summed E-state index contributed by atoms with van der Waals surface area (Å²) in [4.78, 5) is 17.6. The maximum Gasteiger partial charge on any atom is 0.251 e. The van der Waals surface area contributed by atoms with E-state index in [2.05, 4.69) is 52.4 Å². The van der Waals surface area contributed by atoms with Gasteiger partial charge < -0.3 is 10.2 Å². The predicted octanol–water partition coefficient (Wildman–Crippen LogP) is 3.37. The van der Waals surface area contributed by atoms with Gasteiger partial charge in [0.25, 0.3) is 5.91 Å². The minimum absolute atomic E-state index is 0.00105. The van der Waals surface area contributed by atoms with E-state index in [-0.39, 0.29) is 5.91 Å². The molecule has 0 radical (unpaired) electrons. The van der Waals surface area contributed by atoms with Gasteiger partial charge in [-0.05, 0) is 43.1 Å². The fourth-order valence-electron chi connectivity index (χ4n) is 3.73. The fourth-order valence-corrected chi connectivity index (χ4v) is 3.73. The van der Waals surface area contributed by atoms with Crippen LogP contribution in [-0.4, -0.2) is 48.4 Å². The van der Waals surface area contributed by atoms with Gasteiger partial charge in [0.15, 0.2) is 0 Å². The van der Waals surface area contributed by atoms with Crippen LogP contribution in [0.1, 0.15) is 39.5 Å². The highest BCUT2D eigenvalue weighted by molar-refractivity contribution is 5.95. The molecule has 1 aliphatic heterocycles. The van der Waals surface area contributed by atoms with Gasteiger partial charge in [0.1, 0.15) is 0 Å². The minimum Gasteiger partial charge on any atom is -0.348 e. The second-order valence-electron chi connectivity index (χ2n) is 7.48.